The number of rotatable bonds is 3. The Hall–Kier alpha value is -2.50. The number of hydrogen-bond donors (Lipinski definition) is 0. The second-order valence-corrected chi connectivity index (χ2v) is 2.99. The zero-order valence-corrected chi connectivity index (χ0v) is 7.99. The second kappa shape index (κ2) is 3.93. The average Bonchev–Trinajstić information content (AvgIpc) is 2.81. The Bertz CT molecular complexity index is 534. The van der Waals surface area contributed by atoms with Crippen LogP contribution in [0.15, 0.2) is 41.1 Å². The Kier molecular flexibility index (Phi) is 2.47. The van der Waals surface area contributed by atoms with Crippen LogP contribution in [0.1, 0.15) is 16.1 Å². The first-order valence-corrected chi connectivity index (χ1v) is 4.38. The van der Waals surface area contributed by atoms with Gasteiger partial charge in [0.25, 0.3) is 5.69 Å². The number of nitrogens with zero attached hydrogens (tertiary/aromatic N) is 2. The standard InChI is InChI=1S/C10H6N2O4/c13-10(8-5-6-16-11-8)7-3-1-2-4-9(7)12(14)15/h1-6H. The minimum atomic E-state index is -0.604. The van der Waals surface area contributed by atoms with Crippen LogP contribution in [0.3, 0.4) is 0 Å². The zero-order valence-electron chi connectivity index (χ0n) is 7.99. The predicted octanol–water partition coefficient (Wildman–Crippen LogP) is 1.81. The first-order chi connectivity index (χ1) is 7.70. The smallest absolute Gasteiger partial charge is 0.280 e. The van der Waals surface area contributed by atoms with E-state index >= 15 is 0 Å². The third-order valence-electron chi connectivity index (χ3n) is 2.02. The van der Waals surface area contributed by atoms with Crippen molar-refractivity contribution >= 4 is 11.5 Å². The lowest BCUT2D eigenvalue weighted by Gasteiger charge is -1.98. The molecule has 0 saturated carbocycles. The van der Waals surface area contributed by atoms with Gasteiger partial charge < -0.3 is 4.52 Å². The van der Waals surface area contributed by atoms with Crippen molar-refractivity contribution in [1.29, 1.82) is 0 Å². The molecule has 0 radical (unpaired) electrons. The molecule has 1 aromatic carbocycles. The van der Waals surface area contributed by atoms with Crippen molar-refractivity contribution in [2.24, 2.45) is 0 Å². The molecule has 0 N–H and O–H groups in total. The Labute approximate surface area is 89.6 Å². The van der Waals surface area contributed by atoms with E-state index in [0.717, 1.165) is 0 Å². The van der Waals surface area contributed by atoms with Gasteiger partial charge in [-0.2, -0.15) is 0 Å². The summed E-state index contributed by atoms with van der Waals surface area (Å²) in [7, 11) is 0. The second-order valence-electron chi connectivity index (χ2n) is 2.99. The molecule has 0 aliphatic rings. The first-order valence-electron chi connectivity index (χ1n) is 4.38. The van der Waals surface area contributed by atoms with E-state index in [2.05, 4.69) is 9.68 Å². The molecule has 16 heavy (non-hydrogen) atoms. The molecule has 0 spiro atoms. The van der Waals surface area contributed by atoms with Crippen LogP contribution in [0.5, 0.6) is 0 Å². The summed E-state index contributed by atoms with van der Waals surface area (Å²) in [5.74, 6) is -0.527. The van der Waals surface area contributed by atoms with Gasteiger partial charge in [0, 0.05) is 12.1 Å². The Morgan fingerprint density at radius 2 is 2.06 bits per heavy atom. The molecule has 0 aliphatic heterocycles. The van der Waals surface area contributed by atoms with Crippen LogP contribution in [-0.2, 0) is 0 Å². The van der Waals surface area contributed by atoms with E-state index in [1.54, 1.807) is 6.07 Å². The van der Waals surface area contributed by atoms with E-state index in [1.165, 1.54) is 30.5 Å². The van der Waals surface area contributed by atoms with Crippen molar-refractivity contribution in [3.05, 3.63) is 58.0 Å². The minimum absolute atomic E-state index is 0.00130. The van der Waals surface area contributed by atoms with Crippen LogP contribution in [0.2, 0.25) is 0 Å². The van der Waals surface area contributed by atoms with Gasteiger partial charge >= 0.3 is 0 Å². The fraction of sp³-hybridized carbons (Fsp3) is 0. The lowest BCUT2D eigenvalue weighted by molar-refractivity contribution is -0.385. The third kappa shape index (κ3) is 1.68. The summed E-state index contributed by atoms with van der Waals surface area (Å²) in [6.45, 7) is 0. The highest BCUT2D eigenvalue weighted by Crippen LogP contribution is 2.20. The van der Waals surface area contributed by atoms with Crippen molar-refractivity contribution < 1.29 is 14.2 Å². The Balaban J connectivity index is 2.49. The molecule has 0 bridgehead atoms. The molecule has 0 atom stereocenters. The number of hydrogen-bond acceptors (Lipinski definition) is 5. The summed E-state index contributed by atoms with van der Waals surface area (Å²) >= 11 is 0. The quantitative estimate of drug-likeness (QED) is 0.445. The zero-order chi connectivity index (χ0) is 11.5. The molecule has 2 rings (SSSR count). The highest BCUT2D eigenvalue weighted by atomic mass is 16.6. The van der Waals surface area contributed by atoms with Gasteiger partial charge in [-0.15, -0.1) is 0 Å². The maximum Gasteiger partial charge on any atom is 0.280 e. The van der Waals surface area contributed by atoms with Crippen LogP contribution in [-0.4, -0.2) is 15.9 Å². The number of aromatic nitrogens is 1. The van der Waals surface area contributed by atoms with Gasteiger partial charge in [0.1, 0.15) is 11.8 Å². The van der Waals surface area contributed by atoms with Crippen LogP contribution in [0.25, 0.3) is 0 Å². The Morgan fingerprint density at radius 3 is 2.69 bits per heavy atom. The normalized spacial score (nSPS) is 10.0. The van der Waals surface area contributed by atoms with Crippen LogP contribution < -0.4 is 0 Å². The first kappa shape index (κ1) is 10.0. The molecule has 6 nitrogen and oxygen atoms in total. The fourth-order valence-electron chi connectivity index (χ4n) is 1.29. The van der Waals surface area contributed by atoms with E-state index in [0.29, 0.717) is 0 Å². The molecular weight excluding hydrogens is 212 g/mol. The van der Waals surface area contributed by atoms with Crippen molar-refractivity contribution in [3.8, 4) is 0 Å². The molecule has 1 heterocycles. The van der Waals surface area contributed by atoms with Crippen molar-refractivity contribution in [3.63, 3.8) is 0 Å². The predicted molar refractivity (Wildman–Crippen MR) is 53.0 cm³/mol. The average molecular weight is 218 g/mol. The third-order valence-corrected chi connectivity index (χ3v) is 2.02. The van der Waals surface area contributed by atoms with E-state index < -0.39 is 10.7 Å². The highest BCUT2D eigenvalue weighted by molar-refractivity contribution is 6.10. The Morgan fingerprint density at radius 1 is 1.31 bits per heavy atom. The molecule has 80 valence electrons. The summed E-state index contributed by atoms with van der Waals surface area (Å²) in [6, 6.07) is 7.07. The fourth-order valence-corrected chi connectivity index (χ4v) is 1.29. The molecule has 0 amide bonds. The monoisotopic (exact) mass is 218 g/mol. The van der Waals surface area contributed by atoms with E-state index in [4.69, 9.17) is 0 Å². The van der Waals surface area contributed by atoms with Crippen molar-refractivity contribution in [1.82, 2.24) is 5.16 Å². The number of nitro benzene ring substituents is 1. The number of para-hydroxylation sites is 1. The lowest BCUT2D eigenvalue weighted by atomic mass is 10.1. The molecule has 6 heteroatoms. The topological polar surface area (TPSA) is 86.2 Å². The summed E-state index contributed by atoms with van der Waals surface area (Å²) in [4.78, 5) is 21.9. The largest absolute Gasteiger partial charge is 0.364 e. The van der Waals surface area contributed by atoms with Gasteiger partial charge in [-0.3, -0.25) is 14.9 Å². The number of carbonyl (C=O) groups excluding carboxylic acids is 1. The number of ketones is 1. The van der Waals surface area contributed by atoms with Crippen LogP contribution in [0, 0.1) is 10.1 Å². The molecular formula is C10H6N2O4. The lowest BCUT2D eigenvalue weighted by Crippen LogP contribution is -2.05. The number of nitro groups is 1. The molecule has 1 aromatic heterocycles. The van der Waals surface area contributed by atoms with Crippen LogP contribution in [0.4, 0.5) is 5.69 Å². The van der Waals surface area contributed by atoms with Crippen molar-refractivity contribution in [2.45, 2.75) is 0 Å². The van der Waals surface area contributed by atoms with Gasteiger partial charge in [-0.25, -0.2) is 0 Å². The number of benzene rings is 1. The van der Waals surface area contributed by atoms with Crippen LogP contribution >= 0.6 is 0 Å². The molecule has 2 aromatic rings. The van der Waals surface area contributed by atoms with Gasteiger partial charge in [0.05, 0.1) is 4.92 Å². The number of carbonyl (C=O) groups is 1. The summed E-state index contributed by atoms with van der Waals surface area (Å²) < 4.78 is 4.52. The maximum atomic E-state index is 11.8. The van der Waals surface area contributed by atoms with Crippen molar-refractivity contribution in [2.75, 3.05) is 0 Å². The van der Waals surface area contributed by atoms with E-state index in [-0.39, 0.29) is 16.9 Å². The van der Waals surface area contributed by atoms with E-state index in [1.807, 2.05) is 0 Å². The summed E-state index contributed by atoms with van der Waals surface area (Å²) in [6.07, 6.45) is 1.24. The summed E-state index contributed by atoms with van der Waals surface area (Å²) in [5.41, 5.74) is -0.189. The molecule has 0 saturated heterocycles. The minimum Gasteiger partial charge on any atom is -0.364 e. The van der Waals surface area contributed by atoms with E-state index in [9.17, 15) is 14.9 Å². The van der Waals surface area contributed by atoms with Gasteiger partial charge in [0.2, 0.25) is 5.78 Å². The summed E-state index contributed by atoms with van der Waals surface area (Å²) in [5, 5.41) is 14.2. The van der Waals surface area contributed by atoms with Gasteiger partial charge in [0.15, 0.2) is 5.69 Å². The SMILES string of the molecule is O=C(c1ccon1)c1ccccc1[N+](=O)[O-]. The molecule has 0 aliphatic carbocycles. The van der Waals surface area contributed by atoms with Gasteiger partial charge in [-0.1, -0.05) is 17.3 Å². The maximum absolute atomic E-state index is 11.8. The van der Waals surface area contributed by atoms with Gasteiger partial charge in [-0.05, 0) is 6.07 Å². The molecule has 0 unspecified atom stereocenters. The highest BCUT2D eigenvalue weighted by Gasteiger charge is 2.21. The molecule has 0 fully saturated rings.